The SMILES string of the molecule is COc1ccc2[nH]cc(CCN=C(N)N)c2c1.[I-]. The predicted octanol–water partition coefficient (Wildman–Crippen LogP) is -2.00. The van der Waals surface area contributed by atoms with Crippen LogP contribution in [0.5, 0.6) is 5.75 Å². The molecule has 0 fully saturated rings. The summed E-state index contributed by atoms with van der Waals surface area (Å²) < 4.78 is 5.21. The van der Waals surface area contributed by atoms with E-state index in [2.05, 4.69) is 9.98 Å². The summed E-state index contributed by atoms with van der Waals surface area (Å²) in [5.74, 6) is 0.975. The highest BCUT2D eigenvalue weighted by molar-refractivity contribution is 5.84. The van der Waals surface area contributed by atoms with Crippen molar-refractivity contribution >= 4 is 16.9 Å². The van der Waals surface area contributed by atoms with Crippen LogP contribution in [0.3, 0.4) is 0 Å². The summed E-state index contributed by atoms with van der Waals surface area (Å²) in [5, 5.41) is 1.15. The summed E-state index contributed by atoms with van der Waals surface area (Å²) in [6, 6.07) is 5.94. The number of aromatic amines is 1. The van der Waals surface area contributed by atoms with Crippen molar-refractivity contribution < 1.29 is 28.7 Å². The molecule has 0 aliphatic heterocycles. The highest BCUT2D eigenvalue weighted by atomic mass is 127. The number of guanidine groups is 1. The van der Waals surface area contributed by atoms with Crippen LogP contribution >= 0.6 is 0 Å². The Balaban J connectivity index is 0.00000162. The molecular weight excluding hydrogens is 343 g/mol. The lowest BCUT2D eigenvalue weighted by Crippen LogP contribution is -3.00. The Morgan fingerprint density at radius 2 is 2.17 bits per heavy atom. The molecule has 0 atom stereocenters. The first-order chi connectivity index (χ1) is 8.20. The number of nitrogens with zero attached hydrogens (tertiary/aromatic N) is 1. The lowest BCUT2D eigenvalue weighted by atomic mass is 10.1. The summed E-state index contributed by atoms with van der Waals surface area (Å²) in [5.41, 5.74) is 12.9. The molecule has 0 aliphatic rings. The molecule has 0 bridgehead atoms. The molecule has 0 saturated carbocycles. The minimum atomic E-state index is 0. The summed E-state index contributed by atoms with van der Waals surface area (Å²) in [6.07, 6.45) is 2.78. The molecule has 2 rings (SSSR count). The lowest BCUT2D eigenvalue weighted by molar-refractivity contribution is -0.00000416. The van der Waals surface area contributed by atoms with Crippen molar-refractivity contribution in [1.82, 2.24) is 4.98 Å². The van der Waals surface area contributed by atoms with Crippen molar-refractivity contribution in [3.8, 4) is 5.75 Å². The van der Waals surface area contributed by atoms with Gasteiger partial charge in [-0.1, -0.05) is 0 Å². The number of ether oxygens (including phenoxy) is 1. The van der Waals surface area contributed by atoms with E-state index >= 15 is 0 Å². The van der Waals surface area contributed by atoms with Crippen LogP contribution in [-0.4, -0.2) is 24.6 Å². The summed E-state index contributed by atoms with van der Waals surface area (Å²) in [6.45, 7) is 0.590. The number of nitrogens with one attached hydrogen (secondary N) is 1. The second kappa shape index (κ2) is 6.48. The van der Waals surface area contributed by atoms with Gasteiger partial charge >= 0.3 is 0 Å². The van der Waals surface area contributed by atoms with E-state index in [1.165, 1.54) is 5.56 Å². The molecular formula is C12H16IN4O-. The summed E-state index contributed by atoms with van der Waals surface area (Å²) in [4.78, 5) is 7.19. The van der Waals surface area contributed by atoms with E-state index in [-0.39, 0.29) is 29.9 Å². The third-order valence-electron chi connectivity index (χ3n) is 2.65. The molecule has 6 heteroatoms. The Labute approximate surface area is 123 Å². The highest BCUT2D eigenvalue weighted by Crippen LogP contribution is 2.23. The van der Waals surface area contributed by atoms with Crippen LogP contribution in [0.2, 0.25) is 0 Å². The van der Waals surface area contributed by atoms with Gasteiger partial charge in [0.25, 0.3) is 0 Å². The quantitative estimate of drug-likeness (QED) is 0.335. The molecule has 1 heterocycles. The first-order valence-corrected chi connectivity index (χ1v) is 5.40. The predicted molar refractivity (Wildman–Crippen MR) is 69.2 cm³/mol. The molecule has 0 saturated heterocycles. The third-order valence-corrected chi connectivity index (χ3v) is 2.65. The van der Waals surface area contributed by atoms with E-state index in [1.54, 1.807) is 7.11 Å². The van der Waals surface area contributed by atoms with Gasteiger partial charge in [0.1, 0.15) is 5.75 Å². The van der Waals surface area contributed by atoms with Crippen LogP contribution in [0.15, 0.2) is 29.4 Å². The van der Waals surface area contributed by atoms with Gasteiger partial charge < -0.3 is 45.2 Å². The molecule has 0 amide bonds. The Kier molecular flexibility index (Phi) is 5.26. The Bertz CT molecular complexity index is 546. The van der Waals surface area contributed by atoms with Gasteiger partial charge in [-0.25, -0.2) is 0 Å². The Morgan fingerprint density at radius 3 is 2.83 bits per heavy atom. The maximum atomic E-state index is 5.29. The largest absolute Gasteiger partial charge is 1.00 e. The topological polar surface area (TPSA) is 89.4 Å². The molecule has 5 N–H and O–H groups in total. The smallest absolute Gasteiger partial charge is 0.185 e. The fraction of sp³-hybridized carbons (Fsp3) is 0.250. The van der Waals surface area contributed by atoms with Crippen molar-refractivity contribution in [2.45, 2.75) is 6.42 Å². The van der Waals surface area contributed by atoms with Crippen molar-refractivity contribution in [3.63, 3.8) is 0 Å². The number of aromatic nitrogens is 1. The third kappa shape index (κ3) is 3.28. The molecule has 5 nitrogen and oxygen atoms in total. The van der Waals surface area contributed by atoms with Gasteiger partial charge in [-0.3, -0.25) is 4.99 Å². The number of rotatable bonds is 4. The number of methoxy groups -OCH3 is 1. The normalized spacial score (nSPS) is 9.83. The van der Waals surface area contributed by atoms with Gasteiger partial charge in [-0.2, -0.15) is 0 Å². The molecule has 0 radical (unpaired) electrons. The van der Waals surface area contributed by atoms with Crippen LogP contribution in [-0.2, 0) is 6.42 Å². The lowest BCUT2D eigenvalue weighted by Gasteiger charge is -2.01. The number of nitrogens with two attached hydrogens (primary N) is 2. The number of hydrogen-bond donors (Lipinski definition) is 3. The number of halogens is 1. The Hall–Kier alpha value is -1.44. The second-order valence-electron chi connectivity index (χ2n) is 3.78. The summed E-state index contributed by atoms with van der Waals surface area (Å²) in [7, 11) is 1.66. The molecule has 98 valence electrons. The fourth-order valence-electron chi connectivity index (χ4n) is 1.80. The van der Waals surface area contributed by atoms with Crippen molar-refractivity contribution in [3.05, 3.63) is 30.0 Å². The average molecular weight is 359 g/mol. The molecule has 0 unspecified atom stereocenters. The van der Waals surface area contributed by atoms with Gasteiger partial charge in [0, 0.05) is 23.6 Å². The fourth-order valence-corrected chi connectivity index (χ4v) is 1.80. The number of hydrogen-bond acceptors (Lipinski definition) is 2. The highest BCUT2D eigenvalue weighted by Gasteiger charge is 2.04. The number of fused-ring (bicyclic) bond motifs is 1. The van der Waals surface area contributed by atoms with Crippen LogP contribution < -0.4 is 40.2 Å². The standard InChI is InChI=1S/C12H16N4O.HI/c1-17-9-2-3-11-10(6-9)8(7-16-11)4-5-15-12(13)14;/h2-3,6-7,16H,4-5H2,1H3,(H4,13,14,15);1H/p-1. The number of aliphatic imine (C=N–C) groups is 1. The first-order valence-electron chi connectivity index (χ1n) is 5.40. The maximum absolute atomic E-state index is 5.29. The minimum absolute atomic E-state index is 0. The van der Waals surface area contributed by atoms with E-state index in [9.17, 15) is 0 Å². The van der Waals surface area contributed by atoms with Crippen LogP contribution in [0, 0.1) is 0 Å². The van der Waals surface area contributed by atoms with E-state index < -0.39 is 0 Å². The summed E-state index contributed by atoms with van der Waals surface area (Å²) >= 11 is 0. The van der Waals surface area contributed by atoms with Crippen LogP contribution in [0.25, 0.3) is 10.9 Å². The van der Waals surface area contributed by atoms with Gasteiger partial charge in [0.2, 0.25) is 0 Å². The van der Waals surface area contributed by atoms with Crippen molar-refractivity contribution in [2.75, 3.05) is 13.7 Å². The van der Waals surface area contributed by atoms with E-state index in [1.807, 2.05) is 24.4 Å². The van der Waals surface area contributed by atoms with Crippen LogP contribution in [0.1, 0.15) is 5.56 Å². The van der Waals surface area contributed by atoms with Gasteiger partial charge in [-0.05, 0) is 30.2 Å². The minimum Gasteiger partial charge on any atom is -1.00 e. The van der Waals surface area contributed by atoms with E-state index in [0.717, 1.165) is 23.1 Å². The number of benzene rings is 1. The zero-order chi connectivity index (χ0) is 12.3. The van der Waals surface area contributed by atoms with E-state index in [0.29, 0.717) is 6.54 Å². The van der Waals surface area contributed by atoms with E-state index in [4.69, 9.17) is 16.2 Å². The second-order valence-corrected chi connectivity index (χ2v) is 3.78. The maximum Gasteiger partial charge on any atom is 0.185 e. The van der Waals surface area contributed by atoms with Gasteiger partial charge in [0.05, 0.1) is 7.11 Å². The first kappa shape index (κ1) is 14.6. The van der Waals surface area contributed by atoms with Crippen molar-refractivity contribution in [1.29, 1.82) is 0 Å². The monoisotopic (exact) mass is 359 g/mol. The molecule has 0 aliphatic carbocycles. The zero-order valence-electron chi connectivity index (χ0n) is 10.1. The number of H-pyrrole nitrogens is 1. The Morgan fingerprint density at radius 1 is 1.39 bits per heavy atom. The molecule has 18 heavy (non-hydrogen) atoms. The molecule has 1 aromatic heterocycles. The van der Waals surface area contributed by atoms with Crippen molar-refractivity contribution in [2.24, 2.45) is 16.5 Å². The molecule has 1 aromatic carbocycles. The van der Waals surface area contributed by atoms with Gasteiger partial charge in [0.15, 0.2) is 5.96 Å². The zero-order valence-corrected chi connectivity index (χ0v) is 12.3. The molecule has 2 aromatic rings. The average Bonchev–Trinajstić information content (AvgIpc) is 2.71. The molecule has 0 spiro atoms. The van der Waals surface area contributed by atoms with Crippen LogP contribution in [0.4, 0.5) is 0 Å². The van der Waals surface area contributed by atoms with Gasteiger partial charge in [-0.15, -0.1) is 0 Å².